The van der Waals surface area contributed by atoms with Crippen molar-refractivity contribution in [3.63, 3.8) is 0 Å². The van der Waals surface area contributed by atoms with Crippen molar-refractivity contribution in [3.8, 4) is 0 Å². The van der Waals surface area contributed by atoms with E-state index in [9.17, 15) is 4.79 Å². The number of rotatable bonds is 4. The highest BCUT2D eigenvalue weighted by Crippen LogP contribution is 2.45. The molecule has 4 rings (SSSR count). The summed E-state index contributed by atoms with van der Waals surface area (Å²) in [7, 11) is 0. The number of aliphatic imine (C=N–C) groups is 1. The summed E-state index contributed by atoms with van der Waals surface area (Å²) in [6, 6.07) is 13.8. The molecule has 2 aromatic carbocycles. The molecule has 1 saturated heterocycles. The van der Waals surface area contributed by atoms with Crippen LogP contribution in [0.5, 0.6) is 0 Å². The quantitative estimate of drug-likeness (QED) is 0.521. The molecule has 0 radical (unpaired) electrons. The molecule has 0 bridgehead atoms. The van der Waals surface area contributed by atoms with Gasteiger partial charge in [0.05, 0.1) is 10.6 Å². The fourth-order valence-electron chi connectivity index (χ4n) is 4.52. The highest BCUT2D eigenvalue weighted by molar-refractivity contribution is 8.18. The lowest BCUT2D eigenvalue weighted by Crippen LogP contribution is -2.48. The van der Waals surface area contributed by atoms with Crippen molar-refractivity contribution in [2.45, 2.75) is 52.0 Å². The molecule has 2 aromatic rings. The van der Waals surface area contributed by atoms with Gasteiger partial charge in [0.15, 0.2) is 5.17 Å². The third-order valence-corrected chi connectivity index (χ3v) is 7.11. The summed E-state index contributed by atoms with van der Waals surface area (Å²) in [6.07, 6.45) is 4.05. The normalized spacial score (nSPS) is 22.7. The molecular weight excluding hydrogens is 426 g/mol. The molecule has 1 atom stereocenters. The Morgan fingerprint density at radius 3 is 2.74 bits per heavy atom. The van der Waals surface area contributed by atoms with Crippen LogP contribution in [0.25, 0.3) is 6.08 Å². The highest BCUT2D eigenvalue weighted by atomic mass is 35.5. The number of amides is 1. The Kier molecular flexibility index (Phi) is 6.18. The van der Waals surface area contributed by atoms with Crippen molar-refractivity contribution >= 4 is 51.9 Å². The molecule has 0 aromatic heterocycles. The molecule has 2 aliphatic rings. The van der Waals surface area contributed by atoms with Gasteiger partial charge >= 0.3 is 0 Å². The molecular formula is C25H28ClN3OS. The van der Waals surface area contributed by atoms with Gasteiger partial charge in [-0.2, -0.15) is 0 Å². The zero-order valence-electron chi connectivity index (χ0n) is 18.4. The van der Waals surface area contributed by atoms with E-state index in [1.54, 1.807) is 0 Å². The number of carbonyl (C=O) groups is 1. The van der Waals surface area contributed by atoms with E-state index in [-0.39, 0.29) is 11.4 Å². The molecule has 1 unspecified atom stereocenters. The van der Waals surface area contributed by atoms with Gasteiger partial charge < -0.3 is 10.2 Å². The molecule has 0 aliphatic carbocycles. The van der Waals surface area contributed by atoms with Gasteiger partial charge in [-0.1, -0.05) is 43.6 Å². The maximum Gasteiger partial charge on any atom is 0.264 e. The molecule has 0 saturated carbocycles. The van der Waals surface area contributed by atoms with E-state index in [0.717, 1.165) is 30.6 Å². The number of anilines is 1. The summed E-state index contributed by atoms with van der Waals surface area (Å²) < 4.78 is 0. The number of amidine groups is 1. The fraction of sp³-hybridized carbons (Fsp3) is 0.360. The predicted molar refractivity (Wildman–Crippen MR) is 133 cm³/mol. The van der Waals surface area contributed by atoms with Crippen LogP contribution in [0.3, 0.4) is 0 Å². The van der Waals surface area contributed by atoms with E-state index in [1.165, 1.54) is 23.0 Å². The van der Waals surface area contributed by atoms with Crippen molar-refractivity contribution < 1.29 is 4.79 Å². The minimum Gasteiger partial charge on any atom is -0.366 e. The van der Waals surface area contributed by atoms with Crippen LogP contribution in [0, 0.1) is 0 Å². The van der Waals surface area contributed by atoms with Crippen molar-refractivity contribution in [2.24, 2.45) is 4.99 Å². The van der Waals surface area contributed by atoms with E-state index >= 15 is 0 Å². The second kappa shape index (κ2) is 8.71. The average Bonchev–Trinajstić information content (AvgIpc) is 3.05. The topological polar surface area (TPSA) is 44.7 Å². The van der Waals surface area contributed by atoms with Crippen LogP contribution in [-0.2, 0) is 4.79 Å². The number of nitrogens with zero attached hydrogens (tertiary/aromatic N) is 2. The lowest BCUT2D eigenvalue weighted by molar-refractivity contribution is -0.115. The monoisotopic (exact) mass is 453 g/mol. The summed E-state index contributed by atoms with van der Waals surface area (Å²) in [5.41, 5.74) is 4.29. The van der Waals surface area contributed by atoms with E-state index in [1.807, 2.05) is 36.4 Å². The summed E-state index contributed by atoms with van der Waals surface area (Å²) >= 11 is 8.06. The second-order valence-electron chi connectivity index (χ2n) is 8.82. The van der Waals surface area contributed by atoms with Crippen LogP contribution in [0.4, 0.5) is 11.4 Å². The van der Waals surface area contributed by atoms with Crippen LogP contribution < -0.4 is 10.2 Å². The number of benzene rings is 2. The number of hydrogen-bond donors (Lipinski definition) is 1. The number of fused-ring (bicyclic) bond motifs is 1. The van der Waals surface area contributed by atoms with Gasteiger partial charge in [0.25, 0.3) is 5.91 Å². The maximum absolute atomic E-state index is 12.5. The maximum atomic E-state index is 12.5. The van der Waals surface area contributed by atoms with Crippen molar-refractivity contribution in [2.75, 3.05) is 11.4 Å². The van der Waals surface area contributed by atoms with Gasteiger partial charge in [-0.3, -0.25) is 4.79 Å². The number of halogens is 1. The van der Waals surface area contributed by atoms with E-state index in [2.05, 4.69) is 55.0 Å². The summed E-state index contributed by atoms with van der Waals surface area (Å²) in [4.78, 5) is 20.1. The van der Waals surface area contributed by atoms with Crippen molar-refractivity contribution in [1.29, 1.82) is 0 Å². The second-order valence-corrected chi connectivity index (χ2v) is 10.3. The van der Waals surface area contributed by atoms with E-state index in [0.29, 0.717) is 21.0 Å². The Labute approximate surface area is 193 Å². The number of nitrogens with one attached hydrogen (secondary N) is 1. The Bertz CT molecular complexity index is 1060. The Morgan fingerprint density at radius 2 is 2.03 bits per heavy atom. The third-order valence-electron chi connectivity index (χ3n) is 5.88. The van der Waals surface area contributed by atoms with Crippen LogP contribution in [0.1, 0.15) is 57.6 Å². The first-order valence-corrected chi connectivity index (χ1v) is 11.9. The highest BCUT2D eigenvalue weighted by Gasteiger charge is 2.36. The Morgan fingerprint density at radius 1 is 1.29 bits per heavy atom. The zero-order chi connectivity index (χ0) is 22.2. The zero-order valence-corrected chi connectivity index (χ0v) is 20.0. The minimum atomic E-state index is -0.143. The molecule has 1 amide bonds. The molecule has 4 nitrogen and oxygen atoms in total. The fourth-order valence-corrected chi connectivity index (χ4v) is 5.57. The number of para-hydroxylation sites is 1. The first-order chi connectivity index (χ1) is 14.8. The van der Waals surface area contributed by atoms with Gasteiger partial charge in [-0.25, -0.2) is 4.99 Å². The largest absolute Gasteiger partial charge is 0.366 e. The minimum absolute atomic E-state index is 0.0930. The molecule has 2 aliphatic heterocycles. The van der Waals surface area contributed by atoms with E-state index < -0.39 is 0 Å². The van der Waals surface area contributed by atoms with Crippen molar-refractivity contribution in [3.05, 3.63) is 63.5 Å². The third kappa shape index (κ3) is 4.53. The summed E-state index contributed by atoms with van der Waals surface area (Å²) in [5, 5.41) is 4.10. The Hall–Kier alpha value is -2.24. The average molecular weight is 454 g/mol. The molecule has 31 heavy (non-hydrogen) atoms. The van der Waals surface area contributed by atoms with Gasteiger partial charge in [0, 0.05) is 22.8 Å². The van der Waals surface area contributed by atoms with Gasteiger partial charge in [0.1, 0.15) is 0 Å². The first-order valence-electron chi connectivity index (χ1n) is 10.7. The van der Waals surface area contributed by atoms with Gasteiger partial charge in [-0.15, -0.1) is 0 Å². The SMILES string of the molecule is CCCN1c2cc(Cl)c(/C=C3/SC(=Nc4ccccc4)NC3=O)cc2C(C)CC1(C)C. The standard InChI is InChI=1S/C25H28ClN3OS/c1-5-11-29-21-14-20(26)17(12-19(21)16(2)15-25(29,3)4)13-22-23(30)28-24(31-22)27-18-9-7-6-8-10-18/h6-10,12-14,16H,5,11,15H2,1-4H3,(H,27,28,30)/b22-13+. The predicted octanol–water partition coefficient (Wildman–Crippen LogP) is 6.73. The number of thioether (sulfide) groups is 1. The molecule has 1 fully saturated rings. The van der Waals surface area contributed by atoms with Crippen LogP contribution in [0.15, 0.2) is 52.4 Å². The lowest BCUT2D eigenvalue weighted by atomic mass is 9.79. The lowest BCUT2D eigenvalue weighted by Gasteiger charge is -2.47. The summed E-state index contributed by atoms with van der Waals surface area (Å²) in [6.45, 7) is 10.1. The molecule has 2 heterocycles. The van der Waals surface area contributed by atoms with Crippen LogP contribution >= 0.6 is 23.4 Å². The van der Waals surface area contributed by atoms with Crippen LogP contribution in [-0.4, -0.2) is 23.2 Å². The van der Waals surface area contributed by atoms with E-state index in [4.69, 9.17) is 11.6 Å². The number of hydrogen-bond acceptors (Lipinski definition) is 4. The van der Waals surface area contributed by atoms with Gasteiger partial charge in [0.2, 0.25) is 0 Å². The summed E-state index contributed by atoms with van der Waals surface area (Å²) in [5.74, 6) is 0.281. The molecule has 1 N–H and O–H groups in total. The molecule has 6 heteroatoms. The molecule has 0 spiro atoms. The Balaban J connectivity index is 1.67. The molecule has 162 valence electrons. The van der Waals surface area contributed by atoms with Gasteiger partial charge in [-0.05, 0) is 85.8 Å². The first kappa shape index (κ1) is 22.0. The number of carbonyl (C=O) groups excluding carboxylic acids is 1. The van der Waals surface area contributed by atoms with Crippen LogP contribution in [0.2, 0.25) is 5.02 Å². The smallest absolute Gasteiger partial charge is 0.264 e. The van der Waals surface area contributed by atoms with Crippen molar-refractivity contribution in [1.82, 2.24) is 5.32 Å².